The number of carbonyl (C=O) groups is 1. The molecule has 148 valence electrons. The number of ether oxygens (including phenoxy) is 2. The predicted octanol–water partition coefficient (Wildman–Crippen LogP) is 2.97. The third kappa shape index (κ3) is 2.60. The number of amides is 1. The minimum atomic E-state index is -1.87. The molecule has 1 amide bonds. The zero-order valence-electron chi connectivity index (χ0n) is 15.9. The number of anilines is 2. The lowest BCUT2D eigenvalue weighted by atomic mass is 9.87. The molecular weight excluding hydrogens is 390 g/mol. The van der Waals surface area contributed by atoms with Crippen molar-refractivity contribution in [2.75, 3.05) is 24.3 Å². The summed E-state index contributed by atoms with van der Waals surface area (Å²) in [7, 11) is 0. The second-order valence-electron chi connectivity index (χ2n) is 7.26. The van der Waals surface area contributed by atoms with Crippen LogP contribution in [-0.4, -0.2) is 29.2 Å². The molecule has 0 unspecified atom stereocenters. The second-order valence-corrected chi connectivity index (χ2v) is 8.29. The Bertz CT molecular complexity index is 1170. The van der Waals surface area contributed by atoms with Gasteiger partial charge >= 0.3 is 0 Å². The van der Waals surface area contributed by atoms with Crippen molar-refractivity contribution >= 4 is 28.1 Å². The van der Waals surface area contributed by atoms with E-state index in [1.54, 1.807) is 12.1 Å². The van der Waals surface area contributed by atoms with E-state index in [-0.39, 0.29) is 5.13 Å². The second kappa shape index (κ2) is 6.20. The van der Waals surface area contributed by atoms with Crippen LogP contribution in [0.25, 0.3) is 11.3 Å². The number of nitrogens with two attached hydrogens (primary N) is 1. The lowest BCUT2D eigenvalue weighted by molar-refractivity contribution is -0.129. The topological polar surface area (TPSA) is 107 Å². The first-order valence-corrected chi connectivity index (χ1v) is 10.0. The maximum atomic E-state index is 13.0. The molecule has 2 aliphatic heterocycles. The van der Waals surface area contributed by atoms with E-state index in [0.717, 1.165) is 22.5 Å². The normalized spacial score (nSPS) is 19.8. The van der Waals surface area contributed by atoms with Crippen LogP contribution in [0.1, 0.15) is 21.6 Å². The molecule has 0 saturated carbocycles. The highest BCUT2D eigenvalue weighted by Gasteiger charge is 2.51. The van der Waals surface area contributed by atoms with Crippen molar-refractivity contribution in [2.24, 2.45) is 0 Å². The Kier molecular flexibility index (Phi) is 3.84. The van der Waals surface area contributed by atoms with Gasteiger partial charge in [0, 0.05) is 16.8 Å². The standard InChI is InChI=1S/C21H19N3O4S/c1-10-7-11(2)16-13(8-10)23-19(25)21(16,26)18-17(24-20(22)29-18)12-3-4-14-15(9-12)28-6-5-27-14/h3-4,7-9,26H,5-6H2,1-2H3,(H2,22,24)(H,23,25)/t21-/m1/s1. The van der Waals surface area contributed by atoms with Crippen LogP contribution in [0, 0.1) is 13.8 Å². The van der Waals surface area contributed by atoms with Gasteiger partial charge in [-0.3, -0.25) is 4.79 Å². The van der Waals surface area contributed by atoms with Gasteiger partial charge in [-0.1, -0.05) is 17.4 Å². The van der Waals surface area contributed by atoms with E-state index in [1.807, 2.05) is 32.0 Å². The van der Waals surface area contributed by atoms with E-state index in [1.165, 1.54) is 0 Å². The number of fused-ring (bicyclic) bond motifs is 2. The lowest BCUT2D eigenvalue weighted by Crippen LogP contribution is -2.35. The summed E-state index contributed by atoms with van der Waals surface area (Å²) >= 11 is 1.11. The predicted molar refractivity (Wildman–Crippen MR) is 110 cm³/mol. The molecule has 7 nitrogen and oxygen atoms in total. The molecule has 0 saturated heterocycles. The van der Waals surface area contributed by atoms with Gasteiger partial charge in [0.2, 0.25) is 5.60 Å². The summed E-state index contributed by atoms with van der Waals surface area (Å²) in [5.74, 6) is 0.740. The Hall–Kier alpha value is -3.10. The summed E-state index contributed by atoms with van der Waals surface area (Å²) in [6.45, 7) is 4.78. The Morgan fingerprint density at radius 2 is 1.93 bits per heavy atom. The molecular formula is C21H19N3O4S. The summed E-state index contributed by atoms with van der Waals surface area (Å²) < 4.78 is 11.2. The van der Waals surface area contributed by atoms with E-state index >= 15 is 0 Å². The van der Waals surface area contributed by atoms with E-state index in [2.05, 4.69) is 10.3 Å². The van der Waals surface area contributed by atoms with Crippen LogP contribution in [0.3, 0.4) is 0 Å². The van der Waals surface area contributed by atoms with Crippen LogP contribution in [0.5, 0.6) is 11.5 Å². The molecule has 0 spiro atoms. The fourth-order valence-corrected chi connectivity index (χ4v) is 5.01. The highest BCUT2D eigenvalue weighted by atomic mass is 32.1. The molecule has 8 heteroatoms. The van der Waals surface area contributed by atoms with Crippen LogP contribution in [0.2, 0.25) is 0 Å². The summed E-state index contributed by atoms with van der Waals surface area (Å²) in [6.07, 6.45) is 0. The van der Waals surface area contributed by atoms with Crippen molar-refractivity contribution in [1.82, 2.24) is 4.98 Å². The van der Waals surface area contributed by atoms with Gasteiger partial charge in [-0.25, -0.2) is 4.98 Å². The van der Waals surface area contributed by atoms with Gasteiger partial charge in [-0.2, -0.15) is 0 Å². The fraction of sp³-hybridized carbons (Fsp3) is 0.238. The van der Waals surface area contributed by atoms with Crippen molar-refractivity contribution < 1.29 is 19.4 Å². The van der Waals surface area contributed by atoms with Crippen LogP contribution >= 0.6 is 11.3 Å². The number of nitrogens with one attached hydrogen (secondary N) is 1. The molecule has 0 bridgehead atoms. The van der Waals surface area contributed by atoms with Gasteiger partial charge in [0.15, 0.2) is 16.6 Å². The summed E-state index contributed by atoms with van der Waals surface area (Å²) in [4.78, 5) is 17.8. The highest BCUT2D eigenvalue weighted by Crippen LogP contribution is 2.49. The van der Waals surface area contributed by atoms with Crippen LogP contribution < -0.4 is 20.5 Å². The summed E-state index contributed by atoms with van der Waals surface area (Å²) in [6, 6.07) is 9.21. The van der Waals surface area contributed by atoms with Crippen molar-refractivity contribution in [3.63, 3.8) is 0 Å². The number of aliphatic hydroxyl groups is 1. The van der Waals surface area contributed by atoms with E-state index in [4.69, 9.17) is 15.2 Å². The first-order chi connectivity index (χ1) is 13.9. The number of hydrogen-bond acceptors (Lipinski definition) is 7. The Morgan fingerprint density at radius 3 is 2.72 bits per heavy atom. The highest BCUT2D eigenvalue weighted by molar-refractivity contribution is 7.16. The van der Waals surface area contributed by atoms with Crippen molar-refractivity contribution in [3.8, 4) is 22.8 Å². The number of benzene rings is 2. The number of thiazole rings is 1. The molecule has 5 rings (SSSR count). The molecule has 4 N–H and O–H groups in total. The number of aryl methyl sites for hydroxylation is 2. The zero-order chi connectivity index (χ0) is 20.3. The minimum absolute atomic E-state index is 0.268. The zero-order valence-corrected chi connectivity index (χ0v) is 16.7. The van der Waals surface area contributed by atoms with Crippen molar-refractivity contribution in [2.45, 2.75) is 19.4 Å². The first kappa shape index (κ1) is 18.0. The molecule has 0 aliphatic carbocycles. The molecule has 0 fully saturated rings. The van der Waals surface area contributed by atoms with E-state index in [0.29, 0.717) is 52.1 Å². The molecule has 2 aromatic carbocycles. The average molecular weight is 409 g/mol. The summed E-state index contributed by atoms with van der Waals surface area (Å²) in [5.41, 5.74) is 8.26. The number of nitrogen functional groups attached to an aromatic ring is 1. The van der Waals surface area contributed by atoms with Crippen LogP contribution in [0.15, 0.2) is 30.3 Å². The van der Waals surface area contributed by atoms with Crippen LogP contribution in [-0.2, 0) is 10.4 Å². The van der Waals surface area contributed by atoms with Gasteiger partial charge < -0.3 is 25.6 Å². The van der Waals surface area contributed by atoms with Gasteiger partial charge in [-0.05, 0) is 49.2 Å². The molecule has 2 aliphatic rings. The number of nitrogens with zero attached hydrogens (tertiary/aromatic N) is 1. The summed E-state index contributed by atoms with van der Waals surface area (Å²) in [5, 5.41) is 14.8. The maximum absolute atomic E-state index is 13.0. The number of rotatable bonds is 2. The number of aromatic nitrogens is 1. The third-order valence-corrected chi connectivity index (χ3v) is 6.20. The monoisotopic (exact) mass is 409 g/mol. The SMILES string of the molecule is Cc1cc(C)c2c(c1)NC(=O)[C@]2(O)c1sc(N)nc1-c1ccc2c(c1)OCCO2. The minimum Gasteiger partial charge on any atom is -0.486 e. The Balaban J connectivity index is 1.71. The smallest absolute Gasteiger partial charge is 0.266 e. The molecule has 3 heterocycles. The van der Waals surface area contributed by atoms with E-state index in [9.17, 15) is 9.90 Å². The first-order valence-electron chi connectivity index (χ1n) is 9.20. The van der Waals surface area contributed by atoms with Gasteiger partial charge in [0.05, 0.1) is 10.6 Å². The molecule has 3 aromatic rings. The lowest BCUT2D eigenvalue weighted by Gasteiger charge is -2.23. The van der Waals surface area contributed by atoms with Gasteiger partial charge in [0.25, 0.3) is 5.91 Å². The van der Waals surface area contributed by atoms with Crippen LogP contribution in [0.4, 0.5) is 10.8 Å². The number of hydrogen-bond donors (Lipinski definition) is 3. The van der Waals surface area contributed by atoms with E-state index < -0.39 is 11.5 Å². The Labute approximate surface area is 171 Å². The Morgan fingerprint density at radius 1 is 1.17 bits per heavy atom. The molecule has 0 radical (unpaired) electrons. The van der Waals surface area contributed by atoms with Gasteiger partial charge in [-0.15, -0.1) is 0 Å². The maximum Gasteiger partial charge on any atom is 0.266 e. The number of carbonyl (C=O) groups excluding carboxylic acids is 1. The fourth-order valence-electron chi connectivity index (χ4n) is 4.06. The van der Waals surface area contributed by atoms with Crippen molar-refractivity contribution in [3.05, 3.63) is 51.9 Å². The van der Waals surface area contributed by atoms with Gasteiger partial charge in [0.1, 0.15) is 13.2 Å². The molecule has 1 atom stereocenters. The van der Waals surface area contributed by atoms with Crippen molar-refractivity contribution in [1.29, 1.82) is 0 Å². The molecule has 1 aromatic heterocycles. The third-order valence-electron chi connectivity index (χ3n) is 5.21. The molecule has 29 heavy (non-hydrogen) atoms. The average Bonchev–Trinajstić information content (AvgIpc) is 3.20. The quantitative estimate of drug-likeness (QED) is 0.601. The largest absolute Gasteiger partial charge is 0.486 e.